The number of methoxy groups -OCH3 is 1. The topological polar surface area (TPSA) is 50.3 Å². The van der Waals surface area contributed by atoms with E-state index in [1.807, 2.05) is 14.0 Å². The van der Waals surface area contributed by atoms with Crippen molar-refractivity contribution < 1.29 is 4.74 Å². The second kappa shape index (κ2) is 7.45. The monoisotopic (exact) mass is 302 g/mol. The molecule has 0 aliphatic rings. The summed E-state index contributed by atoms with van der Waals surface area (Å²) in [6.45, 7) is 4.49. The minimum Gasteiger partial charge on any atom is -0.385 e. The number of aromatic nitrogens is 2. The molecule has 0 bridgehead atoms. The molecule has 0 aliphatic heterocycles. The summed E-state index contributed by atoms with van der Waals surface area (Å²) in [6.07, 6.45) is 2.74. The zero-order chi connectivity index (χ0) is 12.7. The Bertz CT molecular complexity index is 348. The van der Waals surface area contributed by atoms with Crippen LogP contribution in [0.3, 0.4) is 0 Å². The maximum atomic E-state index is 5.04. The van der Waals surface area contributed by atoms with E-state index in [0.717, 1.165) is 36.4 Å². The summed E-state index contributed by atoms with van der Waals surface area (Å²) in [7, 11) is 3.72. The zero-order valence-electron chi connectivity index (χ0n) is 10.5. The Morgan fingerprint density at radius 2 is 2.29 bits per heavy atom. The van der Waals surface area contributed by atoms with E-state index < -0.39 is 0 Å². The number of rotatable bonds is 7. The SMILES string of the molecule is CCNc1ncc(Br)c(N(C)CCCOC)n1. The summed E-state index contributed by atoms with van der Waals surface area (Å²) < 4.78 is 5.94. The van der Waals surface area contributed by atoms with Crippen molar-refractivity contribution in [3.63, 3.8) is 0 Å². The Morgan fingerprint density at radius 3 is 2.94 bits per heavy atom. The van der Waals surface area contributed by atoms with Crippen molar-refractivity contribution in [3.05, 3.63) is 10.7 Å². The van der Waals surface area contributed by atoms with Gasteiger partial charge in [-0.15, -0.1) is 0 Å². The van der Waals surface area contributed by atoms with Gasteiger partial charge >= 0.3 is 0 Å². The molecule has 0 atom stereocenters. The Kier molecular flexibility index (Phi) is 6.21. The van der Waals surface area contributed by atoms with E-state index in [9.17, 15) is 0 Å². The standard InChI is InChI=1S/C11H19BrN4O/c1-4-13-11-14-8-9(12)10(15-11)16(2)6-5-7-17-3/h8H,4-7H2,1-3H3,(H,13,14,15). The van der Waals surface area contributed by atoms with Crippen LogP contribution in [0.5, 0.6) is 0 Å². The number of hydrogen-bond donors (Lipinski definition) is 1. The lowest BCUT2D eigenvalue weighted by Crippen LogP contribution is -2.22. The second-order valence-electron chi connectivity index (χ2n) is 3.66. The van der Waals surface area contributed by atoms with Gasteiger partial charge in [0.15, 0.2) is 0 Å². The summed E-state index contributed by atoms with van der Waals surface area (Å²) in [5.74, 6) is 1.55. The van der Waals surface area contributed by atoms with Gasteiger partial charge in [-0.1, -0.05) is 0 Å². The number of ether oxygens (including phenoxy) is 1. The van der Waals surface area contributed by atoms with E-state index in [4.69, 9.17) is 4.74 Å². The molecule has 96 valence electrons. The van der Waals surface area contributed by atoms with Gasteiger partial charge in [-0.3, -0.25) is 0 Å². The molecule has 0 radical (unpaired) electrons. The van der Waals surface area contributed by atoms with Gasteiger partial charge in [0.05, 0.1) is 4.47 Å². The fraction of sp³-hybridized carbons (Fsp3) is 0.636. The van der Waals surface area contributed by atoms with Gasteiger partial charge in [-0.2, -0.15) is 4.98 Å². The molecule has 0 aromatic carbocycles. The largest absolute Gasteiger partial charge is 0.385 e. The van der Waals surface area contributed by atoms with Crippen LogP contribution < -0.4 is 10.2 Å². The lowest BCUT2D eigenvalue weighted by molar-refractivity contribution is 0.196. The van der Waals surface area contributed by atoms with E-state index >= 15 is 0 Å². The Labute approximate surface area is 111 Å². The molecule has 0 spiro atoms. The van der Waals surface area contributed by atoms with Crippen LogP contribution >= 0.6 is 15.9 Å². The summed E-state index contributed by atoms with van der Waals surface area (Å²) in [5, 5.41) is 3.10. The van der Waals surface area contributed by atoms with Gasteiger partial charge in [-0.05, 0) is 29.3 Å². The first-order valence-electron chi connectivity index (χ1n) is 5.65. The van der Waals surface area contributed by atoms with Crippen LogP contribution in [0.15, 0.2) is 10.7 Å². The average Bonchev–Trinajstić information content (AvgIpc) is 2.32. The van der Waals surface area contributed by atoms with Gasteiger partial charge in [0.2, 0.25) is 5.95 Å². The van der Waals surface area contributed by atoms with Gasteiger partial charge in [0, 0.05) is 40.1 Å². The van der Waals surface area contributed by atoms with Crippen LogP contribution in [0.4, 0.5) is 11.8 Å². The first-order valence-corrected chi connectivity index (χ1v) is 6.44. The first kappa shape index (κ1) is 14.2. The fourth-order valence-electron chi connectivity index (χ4n) is 1.42. The number of anilines is 2. The first-order chi connectivity index (χ1) is 8.19. The normalized spacial score (nSPS) is 10.4. The third kappa shape index (κ3) is 4.47. The highest BCUT2D eigenvalue weighted by atomic mass is 79.9. The van der Waals surface area contributed by atoms with Crippen molar-refractivity contribution >= 4 is 27.7 Å². The molecule has 1 rings (SSSR count). The van der Waals surface area contributed by atoms with Crippen molar-refractivity contribution in [3.8, 4) is 0 Å². The Morgan fingerprint density at radius 1 is 1.53 bits per heavy atom. The zero-order valence-corrected chi connectivity index (χ0v) is 12.1. The summed E-state index contributed by atoms with van der Waals surface area (Å²) >= 11 is 3.47. The molecule has 0 fully saturated rings. The van der Waals surface area contributed by atoms with Crippen molar-refractivity contribution in [2.75, 3.05) is 44.1 Å². The van der Waals surface area contributed by atoms with Crippen molar-refractivity contribution in [1.29, 1.82) is 0 Å². The summed E-state index contributed by atoms with van der Waals surface area (Å²) in [4.78, 5) is 10.7. The molecule has 0 saturated carbocycles. The molecule has 0 saturated heterocycles. The third-order valence-corrected chi connectivity index (χ3v) is 2.82. The van der Waals surface area contributed by atoms with E-state index in [0.29, 0.717) is 5.95 Å². The number of nitrogens with zero attached hydrogens (tertiary/aromatic N) is 3. The molecule has 1 heterocycles. The smallest absolute Gasteiger partial charge is 0.224 e. The van der Waals surface area contributed by atoms with E-state index in [1.54, 1.807) is 13.3 Å². The third-order valence-electron chi connectivity index (χ3n) is 2.26. The number of hydrogen-bond acceptors (Lipinski definition) is 5. The fourth-order valence-corrected chi connectivity index (χ4v) is 1.91. The summed E-state index contributed by atoms with van der Waals surface area (Å²) in [5.41, 5.74) is 0. The maximum absolute atomic E-state index is 5.04. The predicted octanol–water partition coefficient (Wildman–Crippen LogP) is 2.14. The van der Waals surface area contributed by atoms with Crippen LogP contribution in [0.25, 0.3) is 0 Å². The predicted molar refractivity (Wildman–Crippen MR) is 73.7 cm³/mol. The van der Waals surface area contributed by atoms with Gasteiger partial charge in [0.1, 0.15) is 5.82 Å². The van der Waals surface area contributed by atoms with Crippen LogP contribution in [0.1, 0.15) is 13.3 Å². The highest BCUT2D eigenvalue weighted by molar-refractivity contribution is 9.10. The highest BCUT2D eigenvalue weighted by Gasteiger charge is 2.09. The molecule has 0 amide bonds. The van der Waals surface area contributed by atoms with Crippen molar-refractivity contribution in [1.82, 2.24) is 9.97 Å². The molecule has 1 aromatic heterocycles. The van der Waals surface area contributed by atoms with Crippen molar-refractivity contribution in [2.24, 2.45) is 0 Å². The molecule has 1 N–H and O–H groups in total. The van der Waals surface area contributed by atoms with E-state index in [-0.39, 0.29) is 0 Å². The van der Waals surface area contributed by atoms with E-state index in [1.165, 1.54) is 0 Å². The second-order valence-corrected chi connectivity index (χ2v) is 4.52. The molecule has 1 aromatic rings. The lowest BCUT2D eigenvalue weighted by Gasteiger charge is -2.19. The average molecular weight is 303 g/mol. The maximum Gasteiger partial charge on any atom is 0.224 e. The quantitative estimate of drug-likeness (QED) is 0.782. The molecule has 0 unspecified atom stereocenters. The molecular formula is C11H19BrN4O. The molecule has 0 aliphatic carbocycles. The Balaban J connectivity index is 2.69. The van der Waals surface area contributed by atoms with Crippen LogP contribution in [0.2, 0.25) is 0 Å². The number of halogens is 1. The van der Waals surface area contributed by atoms with Crippen LogP contribution in [-0.4, -0.2) is 43.8 Å². The van der Waals surface area contributed by atoms with Gasteiger partial charge < -0.3 is 15.0 Å². The highest BCUT2D eigenvalue weighted by Crippen LogP contribution is 2.23. The number of nitrogens with one attached hydrogen (secondary N) is 1. The van der Waals surface area contributed by atoms with Crippen molar-refractivity contribution in [2.45, 2.75) is 13.3 Å². The molecule has 5 nitrogen and oxygen atoms in total. The van der Waals surface area contributed by atoms with Gasteiger partial charge in [-0.25, -0.2) is 4.98 Å². The summed E-state index contributed by atoms with van der Waals surface area (Å²) in [6, 6.07) is 0. The lowest BCUT2D eigenvalue weighted by atomic mass is 10.4. The minimum absolute atomic E-state index is 0.657. The van der Waals surface area contributed by atoms with Crippen LogP contribution in [-0.2, 0) is 4.74 Å². The van der Waals surface area contributed by atoms with Crippen LogP contribution in [0, 0.1) is 0 Å². The van der Waals surface area contributed by atoms with Gasteiger partial charge in [0.25, 0.3) is 0 Å². The molecular weight excluding hydrogens is 284 g/mol. The molecule has 6 heteroatoms. The minimum atomic E-state index is 0.657. The van der Waals surface area contributed by atoms with E-state index in [2.05, 4.69) is 36.1 Å². The Hall–Kier alpha value is -0.880. The molecule has 17 heavy (non-hydrogen) atoms.